The van der Waals surface area contributed by atoms with Crippen molar-refractivity contribution in [2.45, 2.75) is 31.3 Å². The van der Waals surface area contributed by atoms with E-state index in [4.69, 9.17) is 4.74 Å². The van der Waals surface area contributed by atoms with Crippen molar-refractivity contribution in [3.05, 3.63) is 28.2 Å². The second-order valence-corrected chi connectivity index (χ2v) is 7.90. The van der Waals surface area contributed by atoms with Crippen LogP contribution in [0.25, 0.3) is 0 Å². The van der Waals surface area contributed by atoms with E-state index in [0.717, 1.165) is 41.5 Å². The molecule has 2 fully saturated rings. The fourth-order valence-electron chi connectivity index (χ4n) is 4.46. The van der Waals surface area contributed by atoms with Gasteiger partial charge in [-0.2, -0.15) is 0 Å². The van der Waals surface area contributed by atoms with Gasteiger partial charge >= 0.3 is 0 Å². The smallest absolute Gasteiger partial charge is 0.226 e. The van der Waals surface area contributed by atoms with Crippen molar-refractivity contribution in [1.29, 1.82) is 0 Å². The predicted octanol–water partition coefficient (Wildman–Crippen LogP) is 2.55. The monoisotopic (exact) mass is 394 g/mol. The van der Waals surface area contributed by atoms with Crippen LogP contribution < -0.4 is 5.32 Å². The second-order valence-electron chi connectivity index (χ2n) is 6.98. The van der Waals surface area contributed by atoms with Gasteiger partial charge in [0.2, 0.25) is 5.91 Å². The maximum atomic E-state index is 13.1. The lowest BCUT2D eigenvalue weighted by Crippen LogP contribution is -2.44. The average molecular weight is 395 g/mol. The molecule has 3 aliphatic rings. The lowest BCUT2D eigenvalue weighted by atomic mass is 9.83. The molecule has 130 valence electrons. The van der Waals surface area contributed by atoms with Gasteiger partial charge in [-0.05, 0) is 43.0 Å². The van der Waals surface area contributed by atoms with Gasteiger partial charge in [0.1, 0.15) is 0 Å². The van der Waals surface area contributed by atoms with Crippen LogP contribution in [0, 0.1) is 11.8 Å². The predicted molar refractivity (Wildman–Crippen MR) is 94.7 cm³/mol. The summed E-state index contributed by atoms with van der Waals surface area (Å²) in [6, 6.07) is 6.22. The quantitative estimate of drug-likeness (QED) is 0.808. The highest BCUT2D eigenvalue weighted by Gasteiger charge is 2.46. The molecule has 1 aromatic carbocycles. The van der Waals surface area contributed by atoms with Gasteiger partial charge in [0.15, 0.2) is 0 Å². The standard InChI is InChI=1S/C18H23BrN2O3/c19-12-1-2-15-14(9-12)17-13(16(10-22)20-15)3-6-21(17)18(23)11-4-7-24-8-5-11/h1-2,9,11,13,16-17,20,22H,3-8,10H2/t13-,16+,17-/m0/s1. The Bertz CT molecular complexity index is 633. The molecule has 0 spiro atoms. The zero-order valence-corrected chi connectivity index (χ0v) is 15.2. The van der Waals surface area contributed by atoms with Gasteiger partial charge in [0.05, 0.1) is 18.7 Å². The Balaban J connectivity index is 1.67. The van der Waals surface area contributed by atoms with Crippen molar-refractivity contribution < 1.29 is 14.6 Å². The van der Waals surface area contributed by atoms with Crippen LogP contribution >= 0.6 is 15.9 Å². The summed E-state index contributed by atoms with van der Waals surface area (Å²) in [5.41, 5.74) is 2.20. The fourth-order valence-corrected chi connectivity index (χ4v) is 4.84. The number of nitrogens with one attached hydrogen (secondary N) is 1. The highest BCUT2D eigenvalue weighted by molar-refractivity contribution is 9.10. The van der Waals surface area contributed by atoms with Crippen molar-refractivity contribution in [3.63, 3.8) is 0 Å². The van der Waals surface area contributed by atoms with Gasteiger partial charge in [0, 0.05) is 41.8 Å². The van der Waals surface area contributed by atoms with E-state index in [0.29, 0.717) is 13.2 Å². The molecule has 0 saturated carbocycles. The Kier molecular flexibility index (Phi) is 4.54. The number of carbonyl (C=O) groups excluding carboxylic acids is 1. The summed E-state index contributed by atoms with van der Waals surface area (Å²) in [4.78, 5) is 15.2. The number of fused-ring (bicyclic) bond motifs is 3. The minimum atomic E-state index is 0.0103. The Morgan fingerprint density at radius 2 is 2.12 bits per heavy atom. The molecule has 0 bridgehead atoms. The third-order valence-corrected chi connectivity index (χ3v) is 6.18. The van der Waals surface area contributed by atoms with E-state index in [1.54, 1.807) is 0 Å². The maximum Gasteiger partial charge on any atom is 0.226 e. The zero-order valence-electron chi connectivity index (χ0n) is 13.6. The summed E-state index contributed by atoms with van der Waals surface area (Å²) < 4.78 is 6.43. The average Bonchev–Trinajstić information content (AvgIpc) is 3.06. The van der Waals surface area contributed by atoms with E-state index in [2.05, 4.69) is 32.2 Å². The van der Waals surface area contributed by atoms with Gasteiger partial charge in [-0.25, -0.2) is 0 Å². The van der Waals surface area contributed by atoms with Crippen LogP contribution in [-0.4, -0.2) is 48.3 Å². The van der Waals surface area contributed by atoms with E-state index >= 15 is 0 Å². The number of amides is 1. The van der Waals surface area contributed by atoms with Crippen LogP contribution in [0.4, 0.5) is 5.69 Å². The van der Waals surface area contributed by atoms with Crippen molar-refractivity contribution in [1.82, 2.24) is 4.90 Å². The first-order valence-electron chi connectivity index (χ1n) is 8.74. The van der Waals surface area contributed by atoms with Gasteiger partial charge in [-0.3, -0.25) is 4.79 Å². The molecule has 5 nitrogen and oxygen atoms in total. The molecule has 0 unspecified atom stereocenters. The number of aliphatic hydroxyl groups is 1. The summed E-state index contributed by atoms with van der Waals surface area (Å²) in [7, 11) is 0. The summed E-state index contributed by atoms with van der Waals surface area (Å²) in [6.07, 6.45) is 2.57. The maximum absolute atomic E-state index is 13.1. The van der Waals surface area contributed by atoms with Gasteiger partial charge < -0.3 is 20.1 Å². The number of carbonyl (C=O) groups is 1. The van der Waals surface area contributed by atoms with Crippen molar-refractivity contribution in [2.24, 2.45) is 11.8 Å². The van der Waals surface area contributed by atoms with Crippen LogP contribution in [0.1, 0.15) is 30.9 Å². The SMILES string of the molecule is O=C(C1CCOCC1)N1CC[C@@H]2[C@H]1c1cc(Br)ccc1N[C@@H]2CO. The van der Waals surface area contributed by atoms with Crippen LogP contribution in [0.3, 0.4) is 0 Å². The number of nitrogens with zero attached hydrogens (tertiary/aromatic N) is 1. The van der Waals surface area contributed by atoms with Crippen LogP contribution in [-0.2, 0) is 9.53 Å². The number of likely N-dealkylation sites (tertiary alicyclic amines) is 1. The molecule has 1 amide bonds. The summed E-state index contributed by atoms with van der Waals surface area (Å²) >= 11 is 3.56. The fraction of sp³-hybridized carbons (Fsp3) is 0.611. The third kappa shape index (κ3) is 2.74. The highest BCUT2D eigenvalue weighted by Crippen LogP contribution is 2.47. The van der Waals surface area contributed by atoms with Gasteiger partial charge in [-0.15, -0.1) is 0 Å². The van der Waals surface area contributed by atoms with Crippen LogP contribution in [0.5, 0.6) is 0 Å². The molecule has 0 aliphatic carbocycles. The van der Waals surface area contributed by atoms with Crippen LogP contribution in [0.15, 0.2) is 22.7 Å². The topological polar surface area (TPSA) is 61.8 Å². The van der Waals surface area contributed by atoms with Crippen molar-refractivity contribution >= 4 is 27.5 Å². The number of halogens is 1. The van der Waals surface area contributed by atoms with Gasteiger partial charge in [-0.1, -0.05) is 15.9 Å². The number of anilines is 1. The van der Waals surface area contributed by atoms with Gasteiger partial charge in [0.25, 0.3) is 0 Å². The summed E-state index contributed by atoms with van der Waals surface area (Å²) in [5.74, 6) is 0.603. The molecule has 2 saturated heterocycles. The second kappa shape index (κ2) is 6.65. The van der Waals surface area contributed by atoms with E-state index < -0.39 is 0 Å². The lowest BCUT2D eigenvalue weighted by Gasteiger charge is -2.40. The molecule has 0 aromatic heterocycles. The van der Waals surface area contributed by atoms with Crippen molar-refractivity contribution in [2.75, 3.05) is 31.7 Å². The molecule has 3 heterocycles. The number of hydrogen-bond donors (Lipinski definition) is 2. The van der Waals surface area contributed by atoms with E-state index in [1.807, 2.05) is 12.1 Å². The molecule has 2 N–H and O–H groups in total. The molecule has 1 aromatic rings. The number of aliphatic hydroxyl groups excluding tert-OH is 1. The zero-order chi connectivity index (χ0) is 16.7. The minimum absolute atomic E-state index is 0.0103. The molecule has 6 heteroatoms. The van der Waals surface area contributed by atoms with Crippen LogP contribution in [0.2, 0.25) is 0 Å². The first-order valence-corrected chi connectivity index (χ1v) is 9.53. The molecular weight excluding hydrogens is 372 g/mol. The molecule has 4 rings (SSSR count). The molecule has 0 radical (unpaired) electrons. The first kappa shape index (κ1) is 16.4. The largest absolute Gasteiger partial charge is 0.394 e. The number of rotatable bonds is 2. The summed E-state index contributed by atoms with van der Waals surface area (Å²) in [6.45, 7) is 2.23. The van der Waals surface area contributed by atoms with E-state index in [-0.39, 0.29) is 36.4 Å². The number of benzene rings is 1. The molecule has 24 heavy (non-hydrogen) atoms. The Labute approximate surface area is 150 Å². The summed E-state index contributed by atoms with van der Waals surface area (Å²) in [5, 5.41) is 13.3. The lowest BCUT2D eigenvalue weighted by molar-refractivity contribution is -0.140. The minimum Gasteiger partial charge on any atom is -0.394 e. The highest BCUT2D eigenvalue weighted by atomic mass is 79.9. The normalized spacial score (nSPS) is 29.8. The number of ether oxygens (including phenoxy) is 1. The van der Waals surface area contributed by atoms with Crippen molar-refractivity contribution in [3.8, 4) is 0 Å². The van der Waals surface area contributed by atoms with E-state index in [1.165, 1.54) is 0 Å². The Hall–Kier alpha value is -1.11. The third-order valence-electron chi connectivity index (χ3n) is 5.68. The first-order chi connectivity index (χ1) is 11.7. The Morgan fingerprint density at radius 3 is 2.88 bits per heavy atom. The Morgan fingerprint density at radius 1 is 1.33 bits per heavy atom. The molecular formula is C18H23BrN2O3. The molecule has 3 aliphatic heterocycles. The molecule has 3 atom stereocenters. The van der Waals surface area contributed by atoms with E-state index in [9.17, 15) is 9.90 Å². The number of hydrogen-bond acceptors (Lipinski definition) is 4.